The van der Waals surface area contributed by atoms with Gasteiger partial charge in [0.1, 0.15) is 11.9 Å². The van der Waals surface area contributed by atoms with Crippen molar-refractivity contribution in [1.29, 1.82) is 0 Å². The van der Waals surface area contributed by atoms with Crippen molar-refractivity contribution in [2.75, 3.05) is 6.61 Å². The van der Waals surface area contributed by atoms with E-state index in [0.717, 1.165) is 31.4 Å². The van der Waals surface area contributed by atoms with Gasteiger partial charge < -0.3 is 14.5 Å². The summed E-state index contributed by atoms with van der Waals surface area (Å²) in [6.45, 7) is 2.72. The summed E-state index contributed by atoms with van der Waals surface area (Å²) in [4.78, 5) is 11.8. The van der Waals surface area contributed by atoms with E-state index in [1.807, 2.05) is 19.1 Å². The molecule has 1 aromatic rings. The summed E-state index contributed by atoms with van der Waals surface area (Å²) in [5.74, 6) is 0.984. The van der Waals surface area contributed by atoms with E-state index >= 15 is 0 Å². The van der Waals surface area contributed by atoms with Crippen molar-refractivity contribution in [1.82, 2.24) is 5.32 Å². The summed E-state index contributed by atoms with van der Waals surface area (Å²) in [6.07, 6.45) is 4.99. The standard InChI is InChI=1S/C13H19NO3/c1-10(6-7-11-4-2-8-16-11)14-13(15)12-5-3-9-17-12/h2,4,8,10,12H,3,5-7,9H2,1H3,(H,14,15)/t10-,12+/m1/s1. The number of nitrogens with one attached hydrogen (secondary N) is 1. The van der Waals surface area contributed by atoms with Crippen molar-refractivity contribution < 1.29 is 13.9 Å². The highest BCUT2D eigenvalue weighted by Gasteiger charge is 2.24. The van der Waals surface area contributed by atoms with Crippen LogP contribution in [0.15, 0.2) is 22.8 Å². The lowest BCUT2D eigenvalue weighted by Crippen LogP contribution is -2.39. The highest BCUT2D eigenvalue weighted by Crippen LogP contribution is 2.12. The van der Waals surface area contributed by atoms with E-state index in [0.29, 0.717) is 6.61 Å². The van der Waals surface area contributed by atoms with Crippen molar-refractivity contribution in [2.24, 2.45) is 0 Å². The predicted molar refractivity (Wildman–Crippen MR) is 63.6 cm³/mol. The zero-order chi connectivity index (χ0) is 12.1. The van der Waals surface area contributed by atoms with Crippen molar-refractivity contribution >= 4 is 5.91 Å². The monoisotopic (exact) mass is 237 g/mol. The molecule has 4 nitrogen and oxygen atoms in total. The van der Waals surface area contributed by atoms with Gasteiger partial charge in [0.15, 0.2) is 0 Å². The topological polar surface area (TPSA) is 51.5 Å². The van der Waals surface area contributed by atoms with Gasteiger partial charge in [-0.25, -0.2) is 0 Å². The fourth-order valence-corrected chi connectivity index (χ4v) is 2.01. The largest absolute Gasteiger partial charge is 0.469 e. The first kappa shape index (κ1) is 12.2. The molecule has 0 radical (unpaired) electrons. The molecule has 0 unspecified atom stereocenters. The number of carbonyl (C=O) groups is 1. The Labute approximate surface area is 101 Å². The molecule has 17 heavy (non-hydrogen) atoms. The summed E-state index contributed by atoms with van der Waals surface area (Å²) >= 11 is 0. The first-order chi connectivity index (χ1) is 8.25. The molecule has 2 heterocycles. The van der Waals surface area contributed by atoms with Gasteiger partial charge in [0.25, 0.3) is 0 Å². The van der Waals surface area contributed by atoms with Gasteiger partial charge in [0.05, 0.1) is 6.26 Å². The van der Waals surface area contributed by atoms with Gasteiger partial charge in [-0.1, -0.05) is 0 Å². The molecule has 2 atom stereocenters. The van der Waals surface area contributed by atoms with Gasteiger partial charge in [0, 0.05) is 19.1 Å². The second-order valence-corrected chi connectivity index (χ2v) is 4.53. The van der Waals surface area contributed by atoms with Crippen LogP contribution in [0.25, 0.3) is 0 Å². The average Bonchev–Trinajstić information content (AvgIpc) is 2.99. The molecule has 94 valence electrons. The number of furan rings is 1. The predicted octanol–water partition coefficient (Wildman–Crippen LogP) is 1.90. The van der Waals surface area contributed by atoms with E-state index in [1.54, 1.807) is 6.26 Å². The van der Waals surface area contributed by atoms with Crippen LogP contribution in [0, 0.1) is 0 Å². The van der Waals surface area contributed by atoms with Crippen LogP contribution in [0.3, 0.4) is 0 Å². The van der Waals surface area contributed by atoms with E-state index in [1.165, 1.54) is 0 Å². The Morgan fingerprint density at radius 1 is 1.65 bits per heavy atom. The molecular weight excluding hydrogens is 218 g/mol. The summed E-state index contributed by atoms with van der Waals surface area (Å²) in [5.41, 5.74) is 0. The molecule has 0 aliphatic carbocycles. The number of ether oxygens (including phenoxy) is 1. The summed E-state index contributed by atoms with van der Waals surface area (Å²) < 4.78 is 10.6. The van der Waals surface area contributed by atoms with Gasteiger partial charge in [0.2, 0.25) is 5.91 Å². The Kier molecular flexibility index (Phi) is 4.20. The third kappa shape index (κ3) is 3.60. The lowest BCUT2D eigenvalue weighted by atomic mass is 10.1. The normalized spacial score (nSPS) is 21.4. The third-order valence-corrected chi connectivity index (χ3v) is 3.01. The lowest BCUT2D eigenvalue weighted by molar-refractivity contribution is -0.130. The molecular formula is C13H19NO3. The summed E-state index contributed by atoms with van der Waals surface area (Å²) in [5, 5.41) is 2.98. The van der Waals surface area contributed by atoms with Crippen molar-refractivity contribution in [3.8, 4) is 0 Å². The van der Waals surface area contributed by atoms with Crippen LogP contribution < -0.4 is 5.32 Å². The molecule has 4 heteroatoms. The quantitative estimate of drug-likeness (QED) is 0.851. The average molecular weight is 237 g/mol. The zero-order valence-electron chi connectivity index (χ0n) is 10.1. The lowest BCUT2D eigenvalue weighted by Gasteiger charge is -2.16. The van der Waals surface area contributed by atoms with E-state index in [4.69, 9.17) is 9.15 Å². The van der Waals surface area contributed by atoms with E-state index in [2.05, 4.69) is 5.32 Å². The van der Waals surface area contributed by atoms with Crippen LogP contribution in [-0.4, -0.2) is 24.7 Å². The number of amides is 1. The van der Waals surface area contributed by atoms with Crippen LogP contribution in [0.2, 0.25) is 0 Å². The first-order valence-corrected chi connectivity index (χ1v) is 6.20. The van der Waals surface area contributed by atoms with Crippen molar-refractivity contribution in [3.63, 3.8) is 0 Å². The van der Waals surface area contributed by atoms with E-state index in [9.17, 15) is 4.79 Å². The molecule has 0 saturated carbocycles. The molecule has 0 bridgehead atoms. The minimum atomic E-state index is -0.235. The zero-order valence-corrected chi connectivity index (χ0v) is 10.1. The number of rotatable bonds is 5. The van der Waals surface area contributed by atoms with Crippen LogP contribution >= 0.6 is 0 Å². The number of aryl methyl sites for hydroxylation is 1. The fraction of sp³-hybridized carbons (Fsp3) is 0.615. The first-order valence-electron chi connectivity index (χ1n) is 6.20. The minimum absolute atomic E-state index is 0.0226. The van der Waals surface area contributed by atoms with Crippen LogP contribution in [0.4, 0.5) is 0 Å². The van der Waals surface area contributed by atoms with Crippen LogP contribution in [0.1, 0.15) is 31.9 Å². The number of carbonyl (C=O) groups excluding carboxylic acids is 1. The highest BCUT2D eigenvalue weighted by molar-refractivity contribution is 5.81. The van der Waals surface area contributed by atoms with Crippen LogP contribution in [0.5, 0.6) is 0 Å². The van der Waals surface area contributed by atoms with Gasteiger partial charge in [-0.3, -0.25) is 4.79 Å². The molecule has 1 aliphatic rings. The molecule has 0 spiro atoms. The Hall–Kier alpha value is -1.29. The Morgan fingerprint density at radius 2 is 2.53 bits per heavy atom. The summed E-state index contributed by atoms with van der Waals surface area (Å²) in [6, 6.07) is 3.98. The van der Waals surface area contributed by atoms with Crippen LogP contribution in [-0.2, 0) is 16.0 Å². The Bertz CT molecular complexity index is 342. The SMILES string of the molecule is C[C@H](CCc1ccco1)NC(=O)[C@@H]1CCCO1. The maximum Gasteiger partial charge on any atom is 0.249 e. The molecule has 1 N–H and O–H groups in total. The second-order valence-electron chi connectivity index (χ2n) is 4.53. The summed E-state index contributed by atoms with van der Waals surface area (Å²) in [7, 11) is 0. The second kappa shape index (κ2) is 5.87. The van der Waals surface area contributed by atoms with Gasteiger partial charge in [-0.2, -0.15) is 0 Å². The Balaban J connectivity index is 1.69. The maximum absolute atomic E-state index is 11.8. The smallest absolute Gasteiger partial charge is 0.249 e. The Morgan fingerprint density at radius 3 is 3.18 bits per heavy atom. The van der Waals surface area contributed by atoms with Gasteiger partial charge >= 0.3 is 0 Å². The maximum atomic E-state index is 11.8. The molecule has 1 aliphatic heterocycles. The van der Waals surface area contributed by atoms with E-state index in [-0.39, 0.29) is 18.1 Å². The molecule has 1 amide bonds. The van der Waals surface area contributed by atoms with Gasteiger partial charge in [-0.15, -0.1) is 0 Å². The van der Waals surface area contributed by atoms with Gasteiger partial charge in [-0.05, 0) is 38.3 Å². The molecule has 1 saturated heterocycles. The fourth-order valence-electron chi connectivity index (χ4n) is 2.01. The number of hydrogen-bond acceptors (Lipinski definition) is 3. The molecule has 0 aromatic carbocycles. The minimum Gasteiger partial charge on any atom is -0.469 e. The highest BCUT2D eigenvalue weighted by atomic mass is 16.5. The van der Waals surface area contributed by atoms with E-state index < -0.39 is 0 Å². The molecule has 1 fully saturated rings. The number of hydrogen-bond donors (Lipinski definition) is 1. The molecule has 1 aromatic heterocycles. The van der Waals surface area contributed by atoms with Crippen molar-refractivity contribution in [3.05, 3.63) is 24.2 Å². The molecule has 2 rings (SSSR count). The van der Waals surface area contributed by atoms with Crippen molar-refractivity contribution in [2.45, 2.75) is 44.8 Å². The third-order valence-electron chi connectivity index (χ3n) is 3.01.